The zero-order chi connectivity index (χ0) is 14.0. The monoisotopic (exact) mass is 348 g/mol. The number of hydrogen-bond donors (Lipinski definition) is 1. The SMILES string of the molecule is O=[N+]([O-])c1cc(F)c(NCc2ccc(Br)s2)c(F)c1. The number of halogens is 3. The molecule has 0 aliphatic heterocycles. The van der Waals surface area contributed by atoms with Gasteiger partial charge in [-0.15, -0.1) is 11.3 Å². The number of hydrogen-bond acceptors (Lipinski definition) is 4. The summed E-state index contributed by atoms with van der Waals surface area (Å²) in [4.78, 5) is 10.5. The van der Waals surface area contributed by atoms with Gasteiger partial charge in [0.1, 0.15) is 5.69 Å². The van der Waals surface area contributed by atoms with Gasteiger partial charge >= 0.3 is 0 Å². The number of anilines is 1. The van der Waals surface area contributed by atoms with E-state index in [1.54, 1.807) is 0 Å². The third-order valence-electron chi connectivity index (χ3n) is 2.31. The molecule has 0 saturated heterocycles. The van der Waals surface area contributed by atoms with Gasteiger partial charge in [-0.05, 0) is 28.1 Å². The number of rotatable bonds is 4. The lowest BCUT2D eigenvalue weighted by atomic mass is 10.2. The molecule has 0 radical (unpaired) electrons. The molecule has 0 unspecified atom stereocenters. The van der Waals surface area contributed by atoms with Crippen molar-refractivity contribution < 1.29 is 13.7 Å². The van der Waals surface area contributed by atoms with E-state index in [0.717, 1.165) is 8.66 Å². The van der Waals surface area contributed by atoms with Gasteiger partial charge in [0, 0.05) is 11.4 Å². The Balaban J connectivity index is 2.18. The number of nitro groups is 1. The second-order valence-electron chi connectivity index (χ2n) is 3.60. The van der Waals surface area contributed by atoms with E-state index in [9.17, 15) is 18.9 Å². The smallest absolute Gasteiger partial charge is 0.275 e. The average molecular weight is 349 g/mol. The maximum atomic E-state index is 13.6. The van der Waals surface area contributed by atoms with Crippen LogP contribution in [0.5, 0.6) is 0 Å². The summed E-state index contributed by atoms with van der Waals surface area (Å²) in [5.41, 5.74) is -0.977. The second-order valence-corrected chi connectivity index (χ2v) is 6.15. The molecule has 0 bridgehead atoms. The molecule has 100 valence electrons. The van der Waals surface area contributed by atoms with Gasteiger partial charge in [-0.1, -0.05) is 0 Å². The lowest BCUT2D eigenvalue weighted by Gasteiger charge is -2.07. The molecule has 0 fully saturated rings. The fourth-order valence-electron chi connectivity index (χ4n) is 1.46. The predicted molar refractivity (Wildman–Crippen MR) is 72.4 cm³/mol. The molecule has 4 nitrogen and oxygen atoms in total. The molecule has 0 aliphatic rings. The van der Waals surface area contributed by atoms with Crippen LogP contribution in [0.2, 0.25) is 0 Å². The van der Waals surface area contributed by atoms with Crippen molar-refractivity contribution in [3.05, 3.63) is 54.7 Å². The first-order valence-electron chi connectivity index (χ1n) is 5.09. The quantitative estimate of drug-likeness (QED) is 0.661. The van der Waals surface area contributed by atoms with Crippen LogP contribution in [0.25, 0.3) is 0 Å². The van der Waals surface area contributed by atoms with E-state index >= 15 is 0 Å². The summed E-state index contributed by atoms with van der Waals surface area (Å²) in [6.45, 7) is 0.238. The van der Waals surface area contributed by atoms with Gasteiger partial charge in [0.25, 0.3) is 5.69 Å². The van der Waals surface area contributed by atoms with E-state index in [0.29, 0.717) is 12.1 Å². The Bertz CT molecular complexity index is 610. The lowest BCUT2D eigenvalue weighted by molar-refractivity contribution is -0.385. The van der Waals surface area contributed by atoms with Crippen LogP contribution >= 0.6 is 27.3 Å². The maximum absolute atomic E-state index is 13.6. The van der Waals surface area contributed by atoms with E-state index in [4.69, 9.17) is 0 Å². The molecule has 8 heteroatoms. The van der Waals surface area contributed by atoms with Crippen molar-refractivity contribution in [1.29, 1.82) is 0 Å². The minimum atomic E-state index is -0.984. The molecule has 0 spiro atoms. The summed E-state index contributed by atoms with van der Waals surface area (Å²) in [6.07, 6.45) is 0. The molecular weight excluding hydrogens is 342 g/mol. The number of nitrogens with zero attached hydrogens (tertiary/aromatic N) is 1. The van der Waals surface area contributed by atoms with Crippen LogP contribution in [0.4, 0.5) is 20.2 Å². The van der Waals surface area contributed by atoms with Crippen LogP contribution in [-0.2, 0) is 6.54 Å². The van der Waals surface area contributed by atoms with Crippen LogP contribution < -0.4 is 5.32 Å². The fourth-order valence-corrected chi connectivity index (χ4v) is 2.88. The van der Waals surface area contributed by atoms with Crippen LogP contribution in [-0.4, -0.2) is 4.92 Å². The first kappa shape index (κ1) is 13.9. The van der Waals surface area contributed by atoms with Gasteiger partial charge in [0.15, 0.2) is 11.6 Å². The highest BCUT2D eigenvalue weighted by Gasteiger charge is 2.16. The molecule has 19 heavy (non-hydrogen) atoms. The summed E-state index contributed by atoms with van der Waals surface area (Å²) in [5, 5.41) is 13.0. The van der Waals surface area contributed by atoms with Gasteiger partial charge < -0.3 is 5.32 Å². The Morgan fingerprint density at radius 2 is 1.95 bits per heavy atom. The van der Waals surface area contributed by atoms with Crippen LogP contribution in [0.3, 0.4) is 0 Å². The normalized spacial score (nSPS) is 10.5. The number of thiophene rings is 1. The second kappa shape index (κ2) is 5.62. The van der Waals surface area contributed by atoms with Crippen LogP contribution in [0, 0.1) is 21.7 Å². The standard InChI is InChI=1S/C11H7BrF2N2O2S/c12-10-2-1-7(19-10)5-15-11-8(13)3-6(16(17)18)4-9(11)14/h1-4,15H,5H2. The topological polar surface area (TPSA) is 55.2 Å². The average Bonchev–Trinajstić information content (AvgIpc) is 2.73. The zero-order valence-corrected chi connectivity index (χ0v) is 11.7. The highest BCUT2D eigenvalue weighted by molar-refractivity contribution is 9.11. The van der Waals surface area contributed by atoms with Crippen molar-refractivity contribution in [2.45, 2.75) is 6.54 Å². The number of nitro benzene ring substituents is 1. The number of benzene rings is 1. The van der Waals surface area contributed by atoms with Crippen molar-refractivity contribution in [2.75, 3.05) is 5.32 Å². The van der Waals surface area contributed by atoms with Crippen molar-refractivity contribution >= 4 is 38.6 Å². The molecule has 0 amide bonds. The zero-order valence-electron chi connectivity index (χ0n) is 9.32. The van der Waals surface area contributed by atoms with Crippen LogP contribution in [0.1, 0.15) is 4.88 Å². The van der Waals surface area contributed by atoms with E-state index in [2.05, 4.69) is 21.2 Å². The third kappa shape index (κ3) is 3.27. The Kier molecular flexibility index (Phi) is 4.11. The Morgan fingerprint density at radius 3 is 2.42 bits per heavy atom. The maximum Gasteiger partial charge on any atom is 0.275 e. The van der Waals surface area contributed by atoms with Crippen molar-refractivity contribution in [3.8, 4) is 0 Å². The minimum absolute atomic E-state index is 0.238. The molecule has 0 atom stereocenters. The van der Waals surface area contributed by atoms with E-state index in [-0.39, 0.29) is 12.2 Å². The molecule has 2 aromatic rings. The molecule has 1 aromatic heterocycles. The van der Waals surface area contributed by atoms with Crippen molar-refractivity contribution in [1.82, 2.24) is 0 Å². The number of nitrogens with one attached hydrogen (secondary N) is 1. The fraction of sp³-hybridized carbons (Fsp3) is 0.0909. The van der Waals surface area contributed by atoms with Gasteiger partial charge in [-0.2, -0.15) is 0 Å². The summed E-state index contributed by atoms with van der Waals surface area (Å²) in [6, 6.07) is 5.01. The first-order valence-corrected chi connectivity index (χ1v) is 6.70. The van der Waals surface area contributed by atoms with Gasteiger partial charge in [0.2, 0.25) is 0 Å². The largest absolute Gasteiger partial charge is 0.375 e. The predicted octanol–water partition coefficient (Wildman–Crippen LogP) is 4.31. The summed E-state index contributed by atoms with van der Waals surface area (Å²) in [7, 11) is 0. The lowest BCUT2D eigenvalue weighted by Crippen LogP contribution is -2.03. The Hall–Kier alpha value is -1.54. The molecule has 0 saturated carbocycles. The summed E-state index contributed by atoms with van der Waals surface area (Å²) < 4.78 is 28.0. The Morgan fingerprint density at radius 1 is 1.32 bits per heavy atom. The summed E-state index contributed by atoms with van der Waals surface area (Å²) in [5.74, 6) is -1.97. The van der Waals surface area contributed by atoms with Crippen LogP contribution in [0.15, 0.2) is 28.1 Å². The third-order valence-corrected chi connectivity index (χ3v) is 3.93. The molecule has 1 N–H and O–H groups in total. The summed E-state index contributed by atoms with van der Waals surface area (Å²) >= 11 is 4.71. The molecule has 0 aliphatic carbocycles. The van der Waals surface area contributed by atoms with E-state index in [1.165, 1.54) is 11.3 Å². The minimum Gasteiger partial charge on any atom is -0.375 e. The van der Waals surface area contributed by atoms with E-state index in [1.807, 2.05) is 12.1 Å². The molecule has 1 aromatic carbocycles. The highest BCUT2D eigenvalue weighted by Crippen LogP contribution is 2.27. The van der Waals surface area contributed by atoms with Gasteiger partial charge in [0.05, 0.1) is 20.8 Å². The van der Waals surface area contributed by atoms with E-state index < -0.39 is 22.2 Å². The van der Waals surface area contributed by atoms with Gasteiger partial charge in [-0.3, -0.25) is 10.1 Å². The number of non-ortho nitro benzene ring substituents is 1. The van der Waals surface area contributed by atoms with Gasteiger partial charge in [-0.25, -0.2) is 8.78 Å². The molecule has 2 rings (SSSR count). The first-order chi connectivity index (χ1) is 8.97. The highest BCUT2D eigenvalue weighted by atomic mass is 79.9. The molecule has 1 heterocycles. The van der Waals surface area contributed by atoms with Crippen molar-refractivity contribution in [2.24, 2.45) is 0 Å². The molecular formula is C11H7BrF2N2O2S. The van der Waals surface area contributed by atoms with Crippen molar-refractivity contribution in [3.63, 3.8) is 0 Å². The Labute approximate surface area is 119 Å².